The van der Waals surface area contributed by atoms with E-state index in [0.29, 0.717) is 24.0 Å². The number of hydrogen-bond donors (Lipinski definition) is 0. The molecule has 2 atom stereocenters. The summed E-state index contributed by atoms with van der Waals surface area (Å²) in [4.78, 5) is 30.8. The van der Waals surface area contributed by atoms with Gasteiger partial charge in [-0.15, -0.1) is 0 Å². The predicted molar refractivity (Wildman–Crippen MR) is 82.6 cm³/mol. The minimum absolute atomic E-state index is 0.0100. The molecule has 1 saturated heterocycles. The summed E-state index contributed by atoms with van der Waals surface area (Å²) < 4.78 is 6.99. The van der Waals surface area contributed by atoms with Crippen LogP contribution in [-0.4, -0.2) is 45.7 Å². The second-order valence-electron chi connectivity index (χ2n) is 5.75. The van der Waals surface area contributed by atoms with Crippen LogP contribution in [0.5, 0.6) is 0 Å². The van der Waals surface area contributed by atoms with Crippen LogP contribution in [0.15, 0.2) is 35.4 Å². The van der Waals surface area contributed by atoms with Crippen molar-refractivity contribution in [3.8, 4) is 0 Å². The molecule has 116 valence electrons. The number of carbonyl (C=O) groups is 1. The topological polar surface area (TPSA) is 64.4 Å². The summed E-state index contributed by atoms with van der Waals surface area (Å²) in [7, 11) is 0. The smallest absolute Gasteiger partial charge is 0.261 e. The maximum atomic E-state index is 12.4. The van der Waals surface area contributed by atoms with Crippen LogP contribution in [0.3, 0.4) is 0 Å². The van der Waals surface area contributed by atoms with Crippen molar-refractivity contribution in [3.63, 3.8) is 0 Å². The van der Waals surface area contributed by atoms with Crippen molar-refractivity contribution < 1.29 is 9.53 Å². The highest BCUT2D eigenvalue weighted by Crippen LogP contribution is 2.11. The lowest BCUT2D eigenvalue weighted by molar-refractivity contribution is -0.143. The first-order valence-electron chi connectivity index (χ1n) is 7.42. The number of fused-ring (bicyclic) bond motifs is 1. The molecule has 1 aliphatic heterocycles. The van der Waals surface area contributed by atoms with Gasteiger partial charge in [-0.05, 0) is 26.0 Å². The molecule has 0 aliphatic carbocycles. The summed E-state index contributed by atoms with van der Waals surface area (Å²) in [5.74, 6) is -0.0822. The van der Waals surface area contributed by atoms with E-state index in [1.807, 2.05) is 19.9 Å². The SMILES string of the molecule is C[C@@H]1CN(C(=O)Cn2cnc3ccccc3c2=O)C[C@@H](C)O1. The number of hydrogen-bond acceptors (Lipinski definition) is 4. The van der Waals surface area contributed by atoms with E-state index < -0.39 is 0 Å². The molecule has 0 bridgehead atoms. The zero-order valence-corrected chi connectivity index (χ0v) is 12.7. The third-order valence-corrected chi connectivity index (χ3v) is 3.81. The molecule has 2 aromatic rings. The Morgan fingerprint density at radius 2 is 1.95 bits per heavy atom. The van der Waals surface area contributed by atoms with Gasteiger partial charge in [0.15, 0.2) is 0 Å². The largest absolute Gasteiger partial charge is 0.372 e. The van der Waals surface area contributed by atoms with Gasteiger partial charge in [0.2, 0.25) is 5.91 Å². The third kappa shape index (κ3) is 2.87. The average Bonchev–Trinajstić information content (AvgIpc) is 2.49. The van der Waals surface area contributed by atoms with E-state index in [4.69, 9.17) is 4.74 Å². The van der Waals surface area contributed by atoms with Gasteiger partial charge >= 0.3 is 0 Å². The fraction of sp³-hybridized carbons (Fsp3) is 0.438. The first-order chi connectivity index (χ1) is 10.5. The molecule has 2 heterocycles. The molecule has 0 radical (unpaired) electrons. The van der Waals surface area contributed by atoms with E-state index in [1.54, 1.807) is 23.1 Å². The van der Waals surface area contributed by atoms with Gasteiger partial charge in [0.05, 0.1) is 29.4 Å². The fourth-order valence-corrected chi connectivity index (χ4v) is 2.85. The van der Waals surface area contributed by atoms with Crippen molar-refractivity contribution >= 4 is 16.8 Å². The highest BCUT2D eigenvalue weighted by molar-refractivity contribution is 5.79. The molecule has 22 heavy (non-hydrogen) atoms. The molecule has 0 unspecified atom stereocenters. The van der Waals surface area contributed by atoms with E-state index in [9.17, 15) is 9.59 Å². The van der Waals surface area contributed by atoms with E-state index in [2.05, 4.69) is 4.98 Å². The first kappa shape index (κ1) is 14.7. The number of carbonyl (C=O) groups excluding carboxylic acids is 1. The molecule has 1 aromatic heterocycles. The van der Waals surface area contributed by atoms with Crippen LogP contribution in [0, 0.1) is 0 Å². The Morgan fingerprint density at radius 3 is 2.68 bits per heavy atom. The van der Waals surface area contributed by atoms with Gasteiger partial charge in [0.1, 0.15) is 6.54 Å². The van der Waals surface area contributed by atoms with Gasteiger partial charge in [-0.3, -0.25) is 14.2 Å². The Balaban J connectivity index is 1.82. The highest BCUT2D eigenvalue weighted by atomic mass is 16.5. The van der Waals surface area contributed by atoms with E-state index in [0.717, 1.165) is 0 Å². The number of aromatic nitrogens is 2. The van der Waals surface area contributed by atoms with Crippen LogP contribution in [-0.2, 0) is 16.1 Å². The summed E-state index contributed by atoms with van der Waals surface area (Å²) in [6.45, 7) is 5.01. The molecule has 6 heteroatoms. The Hall–Kier alpha value is -2.21. The number of rotatable bonds is 2. The second-order valence-corrected chi connectivity index (χ2v) is 5.75. The van der Waals surface area contributed by atoms with Crippen molar-refractivity contribution in [1.82, 2.24) is 14.5 Å². The number of amides is 1. The van der Waals surface area contributed by atoms with Gasteiger partial charge in [-0.25, -0.2) is 4.98 Å². The normalized spacial score (nSPS) is 22.0. The van der Waals surface area contributed by atoms with Crippen LogP contribution in [0.1, 0.15) is 13.8 Å². The van der Waals surface area contributed by atoms with E-state index in [1.165, 1.54) is 10.9 Å². The van der Waals surface area contributed by atoms with Crippen LogP contribution >= 0.6 is 0 Å². The van der Waals surface area contributed by atoms with Crippen molar-refractivity contribution in [2.75, 3.05) is 13.1 Å². The van der Waals surface area contributed by atoms with Crippen molar-refractivity contribution in [1.29, 1.82) is 0 Å². The quantitative estimate of drug-likeness (QED) is 0.831. The molecule has 1 amide bonds. The number of para-hydroxylation sites is 1. The number of morpholine rings is 1. The second kappa shape index (κ2) is 5.88. The molecule has 1 aromatic carbocycles. The lowest BCUT2D eigenvalue weighted by Crippen LogP contribution is -2.49. The minimum atomic E-state index is -0.187. The lowest BCUT2D eigenvalue weighted by atomic mass is 10.2. The summed E-state index contributed by atoms with van der Waals surface area (Å²) in [5, 5.41) is 0.529. The average molecular weight is 301 g/mol. The van der Waals surface area contributed by atoms with Crippen molar-refractivity contribution in [2.45, 2.75) is 32.6 Å². The van der Waals surface area contributed by atoms with Crippen LogP contribution < -0.4 is 5.56 Å². The Kier molecular flexibility index (Phi) is 3.94. The number of ether oxygens (including phenoxy) is 1. The third-order valence-electron chi connectivity index (χ3n) is 3.81. The summed E-state index contributed by atoms with van der Waals surface area (Å²) in [5.41, 5.74) is 0.457. The summed E-state index contributed by atoms with van der Waals surface area (Å²) in [6.07, 6.45) is 1.47. The Labute approximate surface area is 128 Å². The molecule has 0 spiro atoms. The zero-order chi connectivity index (χ0) is 15.7. The fourth-order valence-electron chi connectivity index (χ4n) is 2.85. The number of nitrogens with zero attached hydrogens (tertiary/aromatic N) is 3. The van der Waals surface area contributed by atoms with Gasteiger partial charge in [-0.1, -0.05) is 12.1 Å². The first-order valence-corrected chi connectivity index (χ1v) is 7.42. The molecule has 1 fully saturated rings. The Morgan fingerprint density at radius 1 is 1.27 bits per heavy atom. The summed E-state index contributed by atoms with van der Waals surface area (Å²) in [6, 6.07) is 7.14. The maximum absolute atomic E-state index is 12.4. The molecule has 1 aliphatic rings. The summed E-state index contributed by atoms with van der Waals surface area (Å²) >= 11 is 0. The molecule has 0 saturated carbocycles. The van der Waals surface area contributed by atoms with Gasteiger partial charge in [0.25, 0.3) is 5.56 Å². The van der Waals surface area contributed by atoms with Gasteiger partial charge < -0.3 is 9.64 Å². The lowest BCUT2D eigenvalue weighted by Gasteiger charge is -2.35. The minimum Gasteiger partial charge on any atom is -0.372 e. The monoisotopic (exact) mass is 301 g/mol. The molecular formula is C16H19N3O3. The zero-order valence-electron chi connectivity index (χ0n) is 12.7. The predicted octanol–water partition coefficient (Wildman–Crippen LogP) is 1.03. The standard InChI is InChI=1S/C16H19N3O3/c1-11-7-18(8-12(2)22-11)15(20)9-19-10-17-14-6-4-3-5-13(14)16(19)21/h3-6,10-12H,7-9H2,1-2H3/t11-,12-/m1/s1. The molecule has 0 N–H and O–H groups in total. The Bertz CT molecular complexity index is 746. The molecular weight excluding hydrogens is 282 g/mol. The molecule has 3 rings (SSSR count). The molecule has 6 nitrogen and oxygen atoms in total. The van der Waals surface area contributed by atoms with Crippen LogP contribution in [0.25, 0.3) is 10.9 Å². The van der Waals surface area contributed by atoms with Gasteiger partial charge in [0, 0.05) is 13.1 Å². The number of benzene rings is 1. The van der Waals surface area contributed by atoms with Gasteiger partial charge in [-0.2, -0.15) is 0 Å². The van der Waals surface area contributed by atoms with Crippen molar-refractivity contribution in [2.24, 2.45) is 0 Å². The van der Waals surface area contributed by atoms with Crippen LogP contribution in [0.2, 0.25) is 0 Å². The van der Waals surface area contributed by atoms with E-state index >= 15 is 0 Å². The maximum Gasteiger partial charge on any atom is 0.261 e. The highest BCUT2D eigenvalue weighted by Gasteiger charge is 2.26. The van der Waals surface area contributed by atoms with E-state index in [-0.39, 0.29) is 30.2 Å². The van der Waals surface area contributed by atoms with Crippen molar-refractivity contribution in [3.05, 3.63) is 40.9 Å². The van der Waals surface area contributed by atoms with Crippen LogP contribution in [0.4, 0.5) is 0 Å².